The lowest BCUT2D eigenvalue weighted by molar-refractivity contribution is 0.135. The second kappa shape index (κ2) is 7.73. The van der Waals surface area contributed by atoms with Crippen LogP contribution in [0.15, 0.2) is 0 Å². The predicted octanol–water partition coefficient (Wildman–Crippen LogP) is 2.45. The average Bonchev–Trinajstić information content (AvgIpc) is 2.46. The minimum Gasteiger partial charge on any atom is -0.335 e. The Morgan fingerprint density at radius 3 is 2.42 bits per heavy atom. The molecule has 1 heterocycles. The van der Waals surface area contributed by atoms with Crippen LogP contribution in [0.2, 0.25) is 0 Å². The maximum absolute atomic E-state index is 12.2. The molecule has 0 atom stereocenters. The number of rotatable bonds is 4. The first-order valence-corrected chi connectivity index (χ1v) is 8.07. The Balaban J connectivity index is 1.67. The van der Waals surface area contributed by atoms with Crippen LogP contribution in [0.3, 0.4) is 0 Å². The van der Waals surface area contributed by atoms with Crippen LogP contribution in [0.5, 0.6) is 0 Å². The lowest BCUT2D eigenvalue weighted by Crippen LogP contribution is -2.53. The van der Waals surface area contributed by atoms with E-state index in [9.17, 15) is 4.79 Å². The smallest absolute Gasteiger partial charge is 0.317 e. The molecule has 110 valence electrons. The summed E-state index contributed by atoms with van der Waals surface area (Å²) < 4.78 is 0. The molecule has 0 aromatic rings. The first-order valence-electron chi connectivity index (χ1n) is 8.07. The highest BCUT2D eigenvalue weighted by Gasteiger charge is 2.23. The van der Waals surface area contributed by atoms with E-state index in [4.69, 9.17) is 0 Å². The summed E-state index contributed by atoms with van der Waals surface area (Å²) in [6.45, 7) is 7.28. The van der Waals surface area contributed by atoms with Crippen LogP contribution in [-0.2, 0) is 0 Å². The van der Waals surface area contributed by atoms with Gasteiger partial charge in [-0.3, -0.25) is 4.90 Å². The molecule has 1 aliphatic carbocycles. The fraction of sp³-hybridized carbons (Fsp3) is 0.933. The van der Waals surface area contributed by atoms with E-state index in [0.29, 0.717) is 6.04 Å². The Bertz CT molecular complexity index is 269. The van der Waals surface area contributed by atoms with Gasteiger partial charge in [0.2, 0.25) is 0 Å². The van der Waals surface area contributed by atoms with E-state index in [0.717, 1.165) is 26.2 Å². The molecular weight excluding hydrogens is 238 g/mol. The van der Waals surface area contributed by atoms with Gasteiger partial charge in [-0.15, -0.1) is 0 Å². The van der Waals surface area contributed by atoms with Crippen LogP contribution in [0.4, 0.5) is 4.79 Å². The number of hydrogen-bond donors (Lipinski definition) is 1. The van der Waals surface area contributed by atoms with Crippen molar-refractivity contribution >= 4 is 6.03 Å². The molecule has 0 unspecified atom stereocenters. The van der Waals surface area contributed by atoms with Crippen LogP contribution in [0.1, 0.15) is 51.9 Å². The van der Waals surface area contributed by atoms with E-state index in [-0.39, 0.29) is 6.03 Å². The predicted molar refractivity (Wildman–Crippen MR) is 78.3 cm³/mol. The molecular formula is C15H29N3O. The van der Waals surface area contributed by atoms with Gasteiger partial charge in [0.25, 0.3) is 0 Å². The quantitative estimate of drug-likeness (QED) is 0.849. The van der Waals surface area contributed by atoms with Crippen LogP contribution in [0.25, 0.3) is 0 Å². The minimum atomic E-state index is 0.169. The highest BCUT2D eigenvalue weighted by atomic mass is 16.2. The molecule has 2 rings (SSSR count). The second-order valence-corrected chi connectivity index (χ2v) is 5.97. The monoisotopic (exact) mass is 267 g/mol. The third kappa shape index (κ3) is 4.68. The molecule has 19 heavy (non-hydrogen) atoms. The Morgan fingerprint density at radius 1 is 1.11 bits per heavy atom. The largest absolute Gasteiger partial charge is 0.335 e. The Labute approximate surface area is 117 Å². The number of piperazine rings is 1. The summed E-state index contributed by atoms with van der Waals surface area (Å²) in [5, 5.41) is 3.22. The van der Waals surface area contributed by atoms with E-state index in [1.54, 1.807) is 0 Å². The molecule has 2 aliphatic rings. The lowest BCUT2D eigenvalue weighted by atomic mass is 9.96. The van der Waals surface area contributed by atoms with Gasteiger partial charge < -0.3 is 10.2 Å². The van der Waals surface area contributed by atoms with Crippen LogP contribution in [-0.4, -0.2) is 54.6 Å². The van der Waals surface area contributed by atoms with E-state index in [1.807, 2.05) is 4.90 Å². The lowest BCUT2D eigenvalue weighted by Gasteiger charge is -2.36. The zero-order chi connectivity index (χ0) is 13.5. The number of unbranched alkanes of at least 4 members (excludes halogenated alkanes) is 1. The highest BCUT2D eigenvalue weighted by Crippen LogP contribution is 2.17. The van der Waals surface area contributed by atoms with Crippen LogP contribution < -0.4 is 5.32 Å². The number of nitrogens with zero attached hydrogens (tertiary/aromatic N) is 2. The second-order valence-electron chi connectivity index (χ2n) is 5.97. The number of hydrogen-bond acceptors (Lipinski definition) is 2. The van der Waals surface area contributed by atoms with E-state index >= 15 is 0 Å². The molecule has 2 amide bonds. The molecule has 4 heteroatoms. The fourth-order valence-corrected chi connectivity index (χ4v) is 3.07. The van der Waals surface area contributed by atoms with Crippen molar-refractivity contribution in [3.05, 3.63) is 0 Å². The van der Waals surface area contributed by atoms with E-state index < -0.39 is 0 Å². The fourth-order valence-electron chi connectivity index (χ4n) is 3.07. The molecule has 1 N–H and O–H groups in total. The van der Waals surface area contributed by atoms with Crippen molar-refractivity contribution in [2.75, 3.05) is 32.7 Å². The van der Waals surface area contributed by atoms with Gasteiger partial charge in [0.1, 0.15) is 0 Å². The number of urea groups is 1. The van der Waals surface area contributed by atoms with Crippen molar-refractivity contribution in [3.63, 3.8) is 0 Å². The molecule has 1 aliphatic heterocycles. The summed E-state index contributed by atoms with van der Waals surface area (Å²) in [5.41, 5.74) is 0. The molecule has 0 spiro atoms. The number of amides is 2. The van der Waals surface area contributed by atoms with E-state index in [2.05, 4.69) is 17.1 Å². The topological polar surface area (TPSA) is 35.6 Å². The first-order chi connectivity index (χ1) is 9.29. The zero-order valence-electron chi connectivity index (χ0n) is 12.4. The molecule has 0 bridgehead atoms. The molecule has 1 saturated heterocycles. The Morgan fingerprint density at radius 2 is 1.79 bits per heavy atom. The summed E-state index contributed by atoms with van der Waals surface area (Å²) >= 11 is 0. The van der Waals surface area contributed by atoms with Gasteiger partial charge in [-0.2, -0.15) is 0 Å². The normalized spacial score (nSPS) is 22.5. The van der Waals surface area contributed by atoms with Gasteiger partial charge in [0.15, 0.2) is 0 Å². The maximum atomic E-state index is 12.2. The van der Waals surface area contributed by atoms with Crippen molar-refractivity contribution in [2.45, 2.75) is 57.9 Å². The van der Waals surface area contributed by atoms with Crippen molar-refractivity contribution in [1.82, 2.24) is 15.1 Å². The third-order valence-electron chi connectivity index (χ3n) is 4.42. The van der Waals surface area contributed by atoms with E-state index in [1.165, 1.54) is 51.5 Å². The molecule has 4 nitrogen and oxygen atoms in total. The maximum Gasteiger partial charge on any atom is 0.317 e. The summed E-state index contributed by atoms with van der Waals surface area (Å²) in [7, 11) is 0. The molecule has 0 radical (unpaired) electrons. The summed E-state index contributed by atoms with van der Waals surface area (Å²) in [6.07, 6.45) is 8.75. The van der Waals surface area contributed by atoms with Gasteiger partial charge in [-0.25, -0.2) is 4.79 Å². The number of carbonyl (C=O) groups is 1. The van der Waals surface area contributed by atoms with Gasteiger partial charge in [0, 0.05) is 32.2 Å². The first kappa shape index (κ1) is 14.6. The summed E-state index contributed by atoms with van der Waals surface area (Å²) in [4.78, 5) is 16.7. The van der Waals surface area contributed by atoms with Gasteiger partial charge >= 0.3 is 6.03 Å². The zero-order valence-corrected chi connectivity index (χ0v) is 12.4. The molecule has 0 aromatic heterocycles. The molecule has 0 aromatic carbocycles. The Hall–Kier alpha value is -0.770. The summed E-state index contributed by atoms with van der Waals surface area (Å²) in [5.74, 6) is 0. The van der Waals surface area contributed by atoms with Crippen molar-refractivity contribution in [3.8, 4) is 0 Å². The standard InChI is InChI=1S/C15H29N3O/c1-2-3-9-17-10-12-18(13-11-17)15(19)16-14-7-5-4-6-8-14/h14H,2-13H2,1H3,(H,16,19). The number of carbonyl (C=O) groups excluding carboxylic acids is 1. The highest BCUT2D eigenvalue weighted by molar-refractivity contribution is 5.74. The van der Waals surface area contributed by atoms with Crippen LogP contribution >= 0.6 is 0 Å². The molecule has 1 saturated carbocycles. The summed E-state index contributed by atoms with van der Waals surface area (Å²) in [6, 6.07) is 0.599. The van der Waals surface area contributed by atoms with Crippen molar-refractivity contribution in [2.24, 2.45) is 0 Å². The molecule has 2 fully saturated rings. The van der Waals surface area contributed by atoms with Crippen LogP contribution in [0, 0.1) is 0 Å². The Kier molecular flexibility index (Phi) is 5.95. The van der Waals surface area contributed by atoms with Crippen molar-refractivity contribution < 1.29 is 4.79 Å². The third-order valence-corrected chi connectivity index (χ3v) is 4.42. The minimum absolute atomic E-state index is 0.169. The van der Waals surface area contributed by atoms with Gasteiger partial charge in [-0.1, -0.05) is 32.6 Å². The van der Waals surface area contributed by atoms with Crippen molar-refractivity contribution in [1.29, 1.82) is 0 Å². The van der Waals surface area contributed by atoms with Gasteiger partial charge in [-0.05, 0) is 25.8 Å². The number of nitrogens with one attached hydrogen (secondary N) is 1. The van der Waals surface area contributed by atoms with Gasteiger partial charge in [0.05, 0.1) is 0 Å². The SMILES string of the molecule is CCCCN1CCN(C(=O)NC2CCCCC2)CC1. The average molecular weight is 267 g/mol.